The van der Waals surface area contributed by atoms with Crippen molar-refractivity contribution in [1.82, 2.24) is 5.32 Å². The number of ether oxygens (including phenoxy) is 1. The highest BCUT2D eigenvalue weighted by atomic mass is 16.5. The number of rotatable bonds is 5. The molecule has 0 aliphatic carbocycles. The first-order valence-corrected chi connectivity index (χ1v) is 10.8. The fourth-order valence-corrected chi connectivity index (χ4v) is 3.91. The fourth-order valence-electron chi connectivity index (χ4n) is 3.91. The first-order valence-electron chi connectivity index (χ1n) is 10.8. The lowest BCUT2D eigenvalue weighted by atomic mass is 9.92. The molecule has 1 N–H and O–H groups in total. The lowest BCUT2D eigenvalue weighted by molar-refractivity contribution is 0.357. The van der Waals surface area contributed by atoms with Crippen LogP contribution in [0.1, 0.15) is 80.7 Å². The molecule has 0 saturated carbocycles. The normalized spacial score (nSPS) is 20.6. The summed E-state index contributed by atoms with van der Waals surface area (Å²) in [7, 11) is 0. The van der Waals surface area contributed by atoms with Gasteiger partial charge in [-0.25, -0.2) is 0 Å². The summed E-state index contributed by atoms with van der Waals surface area (Å²) in [5.41, 5.74) is 5.72. The maximum atomic E-state index is 5.62. The van der Waals surface area contributed by atoms with Gasteiger partial charge in [0.05, 0.1) is 6.61 Å². The van der Waals surface area contributed by atoms with E-state index >= 15 is 0 Å². The van der Waals surface area contributed by atoms with Crippen LogP contribution in [-0.2, 0) is 12.8 Å². The number of nitrogens with one attached hydrogen (secondary N) is 1. The SMILES string of the molecule is CCCC.CCCc1ccc(C2CC(c3ccc4c(c3)CCO4)CN2)cc1. The number of fused-ring (bicyclic) bond motifs is 1. The molecule has 2 unspecified atom stereocenters. The Balaban J connectivity index is 0.000000481. The molecule has 27 heavy (non-hydrogen) atoms. The van der Waals surface area contributed by atoms with Gasteiger partial charge in [0.1, 0.15) is 5.75 Å². The zero-order valence-corrected chi connectivity index (χ0v) is 17.3. The predicted octanol–water partition coefficient (Wildman–Crippen LogP) is 6.20. The van der Waals surface area contributed by atoms with Crippen LogP contribution in [0.15, 0.2) is 42.5 Å². The molecule has 0 aromatic heterocycles. The maximum Gasteiger partial charge on any atom is 0.122 e. The van der Waals surface area contributed by atoms with Crippen molar-refractivity contribution in [2.45, 2.75) is 71.3 Å². The molecule has 146 valence electrons. The molecule has 0 spiro atoms. The van der Waals surface area contributed by atoms with Gasteiger partial charge in [0.25, 0.3) is 0 Å². The van der Waals surface area contributed by atoms with Crippen LogP contribution in [0, 0.1) is 0 Å². The molecule has 2 heterocycles. The van der Waals surface area contributed by atoms with Crippen molar-refractivity contribution in [2.75, 3.05) is 13.2 Å². The van der Waals surface area contributed by atoms with Crippen molar-refractivity contribution in [3.8, 4) is 5.75 Å². The summed E-state index contributed by atoms with van der Waals surface area (Å²) >= 11 is 0. The van der Waals surface area contributed by atoms with Gasteiger partial charge in [0.2, 0.25) is 0 Å². The van der Waals surface area contributed by atoms with E-state index in [-0.39, 0.29) is 0 Å². The average molecular weight is 366 g/mol. The lowest BCUT2D eigenvalue weighted by Gasteiger charge is -2.13. The van der Waals surface area contributed by atoms with Crippen LogP contribution in [-0.4, -0.2) is 13.2 Å². The summed E-state index contributed by atoms with van der Waals surface area (Å²) in [6.07, 6.45) is 7.28. The topological polar surface area (TPSA) is 21.3 Å². The van der Waals surface area contributed by atoms with Crippen LogP contribution in [0.3, 0.4) is 0 Å². The van der Waals surface area contributed by atoms with E-state index < -0.39 is 0 Å². The third-order valence-electron chi connectivity index (χ3n) is 5.74. The predicted molar refractivity (Wildman–Crippen MR) is 115 cm³/mol. The Hall–Kier alpha value is -1.80. The molecular weight excluding hydrogens is 330 g/mol. The monoisotopic (exact) mass is 365 g/mol. The minimum Gasteiger partial charge on any atom is -0.493 e. The van der Waals surface area contributed by atoms with Crippen molar-refractivity contribution < 1.29 is 4.74 Å². The Morgan fingerprint density at radius 2 is 1.67 bits per heavy atom. The van der Waals surface area contributed by atoms with E-state index in [1.165, 1.54) is 54.4 Å². The van der Waals surface area contributed by atoms with Gasteiger partial charge in [-0.2, -0.15) is 0 Å². The quantitative estimate of drug-likeness (QED) is 0.681. The average Bonchev–Trinajstić information content (AvgIpc) is 3.38. The van der Waals surface area contributed by atoms with Gasteiger partial charge < -0.3 is 10.1 Å². The summed E-state index contributed by atoms with van der Waals surface area (Å²) in [6, 6.07) is 16.5. The Kier molecular flexibility index (Phi) is 7.34. The Morgan fingerprint density at radius 3 is 2.37 bits per heavy atom. The van der Waals surface area contributed by atoms with Gasteiger partial charge in [0.15, 0.2) is 0 Å². The van der Waals surface area contributed by atoms with Gasteiger partial charge in [-0.15, -0.1) is 0 Å². The molecule has 1 fully saturated rings. The van der Waals surface area contributed by atoms with E-state index in [2.05, 4.69) is 68.6 Å². The molecule has 2 aromatic rings. The number of hydrogen-bond donors (Lipinski definition) is 1. The first kappa shape index (κ1) is 19.9. The standard InChI is InChI=1S/C21H25NO.C4H10/c1-2-3-15-4-6-16(7-5-15)20-13-19(14-22-20)17-8-9-21-18(12-17)10-11-23-21;1-3-4-2/h4-9,12,19-20,22H,2-3,10-11,13-14H2,1H3;3-4H2,1-2H3. The summed E-state index contributed by atoms with van der Waals surface area (Å²) < 4.78 is 5.62. The van der Waals surface area contributed by atoms with Crippen LogP contribution >= 0.6 is 0 Å². The minimum absolute atomic E-state index is 0.486. The van der Waals surface area contributed by atoms with Gasteiger partial charge in [0, 0.05) is 19.0 Å². The second kappa shape index (κ2) is 9.94. The zero-order valence-electron chi connectivity index (χ0n) is 17.3. The fraction of sp³-hybridized carbons (Fsp3) is 0.520. The van der Waals surface area contributed by atoms with E-state index in [1.54, 1.807) is 0 Å². The van der Waals surface area contributed by atoms with E-state index in [1.807, 2.05) is 0 Å². The Labute approximate surface area is 165 Å². The van der Waals surface area contributed by atoms with Crippen LogP contribution in [0.5, 0.6) is 5.75 Å². The van der Waals surface area contributed by atoms with E-state index in [0.29, 0.717) is 12.0 Å². The van der Waals surface area contributed by atoms with Crippen LogP contribution in [0.25, 0.3) is 0 Å². The van der Waals surface area contributed by atoms with Crippen LogP contribution in [0.4, 0.5) is 0 Å². The first-order chi connectivity index (χ1) is 13.2. The van der Waals surface area contributed by atoms with Gasteiger partial charge in [-0.1, -0.05) is 76.4 Å². The van der Waals surface area contributed by atoms with Crippen molar-refractivity contribution in [1.29, 1.82) is 0 Å². The lowest BCUT2D eigenvalue weighted by Crippen LogP contribution is -2.13. The van der Waals surface area contributed by atoms with Gasteiger partial charge in [-0.3, -0.25) is 0 Å². The van der Waals surface area contributed by atoms with Gasteiger partial charge >= 0.3 is 0 Å². The molecule has 4 rings (SSSR count). The molecule has 2 aromatic carbocycles. The largest absolute Gasteiger partial charge is 0.493 e. The molecule has 2 aliphatic heterocycles. The Morgan fingerprint density at radius 1 is 0.926 bits per heavy atom. The summed E-state index contributed by atoms with van der Waals surface area (Å²) in [5.74, 6) is 1.70. The van der Waals surface area contributed by atoms with Crippen molar-refractivity contribution in [2.24, 2.45) is 0 Å². The number of unbranched alkanes of at least 4 members (excludes halogenated alkanes) is 1. The van der Waals surface area contributed by atoms with Crippen LogP contribution < -0.4 is 10.1 Å². The number of aryl methyl sites for hydroxylation is 1. The van der Waals surface area contributed by atoms with Crippen LogP contribution in [0.2, 0.25) is 0 Å². The highest BCUT2D eigenvalue weighted by Gasteiger charge is 2.27. The highest BCUT2D eigenvalue weighted by molar-refractivity contribution is 5.41. The zero-order chi connectivity index (χ0) is 19.1. The molecule has 0 radical (unpaired) electrons. The van der Waals surface area contributed by atoms with Crippen molar-refractivity contribution in [3.05, 3.63) is 64.7 Å². The molecule has 2 atom stereocenters. The third kappa shape index (κ3) is 5.13. The summed E-state index contributed by atoms with van der Waals surface area (Å²) in [4.78, 5) is 0. The molecular formula is C25H35NO. The summed E-state index contributed by atoms with van der Waals surface area (Å²) in [5, 5.41) is 3.71. The minimum atomic E-state index is 0.486. The number of benzene rings is 2. The maximum absolute atomic E-state index is 5.62. The highest BCUT2D eigenvalue weighted by Crippen LogP contribution is 2.36. The molecule has 0 amide bonds. The third-order valence-corrected chi connectivity index (χ3v) is 5.74. The molecule has 1 saturated heterocycles. The molecule has 2 heteroatoms. The second-order valence-electron chi connectivity index (χ2n) is 7.85. The van der Waals surface area contributed by atoms with E-state index in [4.69, 9.17) is 4.74 Å². The number of hydrogen-bond acceptors (Lipinski definition) is 2. The second-order valence-corrected chi connectivity index (χ2v) is 7.85. The smallest absolute Gasteiger partial charge is 0.122 e. The van der Waals surface area contributed by atoms with E-state index in [9.17, 15) is 0 Å². The van der Waals surface area contributed by atoms with E-state index in [0.717, 1.165) is 25.3 Å². The molecule has 2 nitrogen and oxygen atoms in total. The summed E-state index contributed by atoms with van der Waals surface area (Å²) in [6.45, 7) is 8.51. The molecule has 2 aliphatic rings. The van der Waals surface area contributed by atoms with Gasteiger partial charge in [-0.05, 0) is 47.1 Å². The van der Waals surface area contributed by atoms with Crippen molar-refractivity contribution >= 4 is 0 Å². The Bertz CT molecular complexity index is 705. The molecule has 0 bridgehead atoms. The van der Waals surface area contributed by atoms with Crippen molar-refractivity contribution in [3.63, 3.8) is 0 Å².